The summed E-state index contributed by atoms with van der Waals surface area (Å²) >= 11 is 0. The van der Waals surface area contributed by atoms with Crippen LogP contribution in [0.3, 0.4) is 0 Å². The molecule has 3 aromatic carbocycles. The van der Waals surface area contributed by atoms with Crippen molar-refractivity contribution in [1.82, 2.24) is 9.80 Å². The highest BCUT2D eigenvalue weighted by atomic mass is 35.5. The van der Waals surface area contributed by atoms with Crippen LogP contribution in [0.2, 0.25) is 0 Å². The summed E-state index contributed by atoms with van der Waals surface area (Å²) < 4.78 is 0. The van der Waals surface area contributed by atoms with E-state index in [9.17, 15) is 9.59 Å². The van der Waals surface area contributed by atoms with Crippen molar-refractivity contribution in [3.8, 4) is 0 Å². The zero-order valence-corrected chi connectivity index (χ0v) is 21.7. The predicted molar refractivity (Wildman–Crippen MR) is 148 cm³/mol. The van der Waals surface area contributed by atoms with Crippen LogP contribution in [0.25, 0.3) is 10.8 Å². The minimum absolute atomic E-state index is 0. The number of hydrogen-bond acceptors (Lipinski definition) is 5. The zero-order chi connectivity index (χ0) is 24.5. The Morgan fingerprint density at radius 3 is 2.36 bits per heavy atom. The van der Waals surface area contributed by atoms with E-state index in [-0.39, 0.29) is 30.8 Å². The smallest absolute Gasteiger partial charge is 0.246 e. The SMILES string of the molecule is Cc1ccc2ccccc2c1CN1C(=O)C(N)CN(C(=O)CN2CCN(C)CC2)c2ccccc21.Cl. The number of amides is 2. The standard InChI is InChI=1S/C28H33N5O2.ClH/c1-20-11-12-21-7-3-4-8-22(21)23(20)17-33-26-10-6-5-9-25(26)32(18-24(29)28(33)35)27(34)19-31-15-13-30(2)14-16-31;/h3-12,24H,13-19,29H2,1-2H3;1H. The molecule has 3 aromatic rings. The largest absolute Gasteiger partial charge is 0.318 e. The Kier molecular flexibility index (Phi) is 7.95. The van der Waals surface area contributed by atoms with Crippen molar-refractivity contribution in [2.75, 3.05) is 56.1 Å². The number of benzene rings is 3. The fourth-order valence-electron chi connectivity index (χ4n) is 5.11. The van der Waals surface area contributed by atoms with Crippen molar-refractivity contribution < 1.29 is 9.59 Å². The van der Waals surface area contributed by atoms with Crippen molar-refractivity contribution in [2.45, 2.75) is 19.5 Å². The van der Waals surface area contributed by atoms with Gasteiger partial charge in [0.2, 0.25) is 11.8 Å². The molecule has 0 radical (unpaired) electrons. The van der Waals surface area contributed by atoms with Crippen LogP contribution in [0.1, 0.15) is 11.1 Å². The number of hydrogen-bond donors (Lipinski definition) is 1. The van der Waals surface area contributed by atoms with Gasteiger partial charge in [-0.3, -0.25) is 14.5 Å². The van der Waals surface area contributed by atoms with Gasteiger partial charge in [0, 0.05) is 26.2 Å². The summed E-state index contributed by atoms with van der Waals surface area (Å²) in [5, 5.41) is 2.26. The second-order valence-electron chi connectivity index (χ2n) is 9.69. The second-order valence-corrected chi connectivity index (χ2v) is 9.69. The van der Waals surface area contributed by atoms with Crippen molar-refractivity contribution in [2.24, 2.45) is 5.73 Å². The third-order valence-electron chi connectivity index (χ3n) is 7.27. The first-order valence-electron chi connectivity index (χ1n) is 12.3. The Hall–Kier alpha value is -2.97. The van der Waals surface area contributed by atoms with Crippen LogP contribution < -0.4 is 15.5 Å². The number of para-hydroxylation sites is 2. The first-order chi connectivity index (χ1) is 16.9. The maximum atomic E-state index is 13.6. The lowest BCUT2D eigenvalue weighted by Crippen LogP contribution is -2.52. The van der Waals surface area contributed by atoms with E-state index in [0.717, 1.165) is 59.5 Å². The van der Waals surface area contributed by atoms with E-state index in [1.807, 2.05) is 36.4 Å². The van der Waals surface area contributed by atoms with Crippen LogP contribution in [0.5, 0.6) is 0 Å². The predicted octanol–water partition coefficient (Wildman–Crippen LogP) is 3.02. The Balaban J connectivity index is 0.00000304. The average molecular weight is 508 g/mol. The number of piperazine rings is 1. The number of rotatable bonds is 4. The summed E-state index contributed by atoms with van der Waals surface area (Å²) in [4.78, 5) is 35.0. The number of fused-ring (bicyclic) bond motifs is 2. The molecule has 2 N–H and O–H groups in total. The van der Waals surface area contributed by atoms with Gasteiger partial charge in [0.1, 0.15) is 6.04 Å². The van der Waals surface area contributed by atoms with Crippen LogP contribution in [-0.4, -0.2) is 74.0 Å². The second kappa shape index (κ2) is 11.0. The average Bonchev–Trinajstić information content (AvgIpc) is 2.97. The van der Waals surface area contributed by atoms with E-state index in [1.54, 1.807) is 9.80 Å². The van der Waals surface area contributed by atoms with Crippen LogP contribution in [0.15, 0.2) is 60.7 Å². The van der Waals surface area contributed by atoms with Crippen molar-refractivity contribution >= 4 is 46.4 Å². The first-order valence-corrected chi connectivity index (χ1v) is 12.3. The number of nitrogens with zero attached hydrogens (tertiary/aromatic N) is 4. The van der Waals surface area contributed by atoms with Gasteiger partial charge < -0.3 is 20.4 Å². The third-order valence-corrected chi connectivity index (χ3v) is 7.27. The molecule has 190 valence electrons. The molecule has 36 heavy (non-hydrogen) atoms. The lowest BCUT2D eigenvalue weighted by atomic mass is 9.99. The van der Waals surface area contributed by atoms with Gasteiger partial charge in [0.05, 0.1) is 31.0 Å². The van der Waals surface area contributed by atoms with Crippen molar-refractivity contribution in [3.05, 3.63) is 71.8 Å². The Morgan fingerprint density at radius 2 is 1.61 bits per heavy atom. The van der Waals surface area contributed by atoms with E-state index >= 15 is 0 Å². The number of anilines is 2. The van der Waals surface area contributed by atoms with Crippen molar-refractivity contribution in [3.63, 3.8) is 0 Å². The summed E-state index contributed by atoms with van der Waals surface area (Å²) in [6, 6.07) is 19.3. The van der Waals surface area contributed by atoms with E-state index in [0.29, 0.717) is 13.1 Å². The number of halogens is 1. The van der Waals surface area contributed by atoms with Gasteiger partial charge in [-0.15, -0.1) is 12.4 Å². The summed E-state index contributed by atoms with van der Waals surface area (Å²) in [5.41, 5.74) is 10.1. The van der Waals surface area contributed by atoms with Gasteiger partial charge >= 0.3 is 0 Å². The molecule has 2 amide bonds. The fraction of sp³-hybridized carbons (Fsp3) is 0.357. The zero-order valence-electron chi connectivity index (χ0n) is 20.9. The highest BCUT2D eigenvalue weighted by molar-refractivity contribution is 6.07. The maximum absolute atomic E-state index is 13.6. The maximum Gasteiger partial charge on any atom is 0.246 e. The molecule has 1 saturated heterocycles. The molecular formula is C28H34ClN5O2. The molecule has 0 saturated carbocycles. The van der Waals surface area contributed by atoms with Gasteiger partial charge in [0.15, 0.2) is 0 Å². The molecule has 8 heteroatoms. The van der Waals surface area contributed by atoms with Gasteiger partial charge in [-0.25, -0.2) is 0 Å². The highest BCUT2D eigenvalue weighted by Crippen LogP contribution is 2.35. The molecule has 1 unspecified atom stereocenters. The molecule has 2 aliphatic heterocycles. The molecule has 0 aliphatic carbocycles. The monoisotopic (exact) mass is 507 g/mol. The Labute approximate surface area is 218 Å². The molecule has 0 aromatic heterocycles. The lowest BCUT2D eigenvalue weighted by Gasteiger charge is -2.33. The number of likely N-dealkylation sites (N-methyl/N-ethyl adjacent to an activating group) is 1. The number of carbonyl (C=O) groups is 2. The van der Waals surface area contributed by atoms with E-state index in [1.165, 1.54) is 0 Å². The van der Waals surface area contributed by atoms with Crippen LogP contribution in [0, 0.1) is 6.92 Å². The summed E-state index contributed by atoms with van der Waals surface area (Å²) in [7, 11) is 2.10. The summed E-state index contributed by atoms with van der Waals surface area (Å²) in [6.07, 6.45) is 0. The first kappa shape index (κ1) is 26.1. The van der Waals surface area contributed by atoms with Gasteiger partial charge in [-0.1, -0.05) is 48.5 Å². The highest BCUT2D eigenvalue weighted by Gasteiger charge is 2.35. The van der Waals surface area contributed by atoms with E-state index < -0.39 is 6.04 Å². The third kappa shape index (κ3) is 5.11. The minimum atomic E-state index is -0.797. The normalized spacial score (nSPS) is 19.1. The van der Waals surface area contributed by atoms with Crippen LogP contribution >= 0.6 is 12.4 Å². The van der Waals surface area contributed by atoms with Gasteiger partial charge in [-0.2, -0.15) is 0 Å². The van der Waals surface area contributed by atoms with Crippen LogP contribution in [0.4, 0.5) is 11.4 Å². The Morgan fingerprint density at radius 1 is 0.944 bits per heavy atom. The van der Waals surface area contributed by atoms with E-state index in [2.05, 4.69) is 48.0 Å². The minimum Gasteiger partial charge on any atom is -0.318 e. The quantitative estimate of drug-likeness (QED) is 0.587. The molecule has 7 nitrogen and oxygen atoms in total. The molecule has 2 heterocycles. The molecule has 1 atom stereocenters. The number of nitrogens with two attached hydrogens (primary N) is 1. The van der Waals surface area contributed by atoms with Crippen LogP contribution in [-0.2, 0) is 16.1 Å². The summed E-state index contributed by atoms with van der Waals surface area (Å²) in [5.74, 6) is -0.187. The lowest BCUT2D eigenvalue weighted by molar-refractivity contribution is -0.120. The molecule has 0 spiro atoms. The fourth-order valence-corrected chi connectivity index (χ4v) is 5.11. The molecular weight excluding hydrogens is 474 g/mol. The molecule has 1 fully saturated rings. The molecule has 2 aliphatic rings. The van der Waals surface area contributed by atoms with Gasteiger partial charge in [0.25, 0.3) is 0 Å². The number of aryl methyl sites for hydroxylation is 1. The van der Waals surface area contributed by atoms with Crippen molar-refractivity contribution in [1.29, 1.82) is 0 Å². The summed E-state index contributed by atoms with van der Waals surface area (Å²) in [6.45, 7) is 6.57. The molecule has 5 rings (SSSR count). The number of carbonyl (C=O) groups excluding carboxylic acids is 2. The van der Waals surface area contributed by atoms with E-state index in [4.69, 9.17) is 5.73 Å². The topological polar surface area (TPSA) is 73.1 Å². The molecule has 0 bridgehead atoms. The Bertz CT molecular complexity index is 1260. The van der Waals surface area contributed by atoms with Gasteiger partial charge in [-0.05, 0) is 48.0 Å².